The number of aliphatic hydroxyl groups is 1. The molecule has 1 aromatic rings. The van der Waals surface area contributed by atoms with Crippen molar-refractivity contribution in [1.29, 1.82) is 0 Å². The second-order valence-corrected chi connectivity index (χ2v) is 6.04. The Morgan fingerprint density at radius 3 is 2.29 bits per heavy atom. The minimum atomic E-state index is -1.06. The number of fused-ring (bicyclic) bond motifs is 1. The molecule has 126 valence electrons. The van der Waals surface area contributed by atoms with Crippen molar-refractivity contribution < 1.29 is 24.6 Å². The highest BCUT2D eigenvalue weighted by Crippen LogP contribution is 2.26. The number of benzene rings is 1. The Bertz CT molecular complexity index is 720. The molecule has 1 aromatic carbocycles. The second-order valence-electron chi connectivity index (χ2n) is 6.04. The van der Waals surface area contributed by atoms with E-state index in [-0.39, 0.29) is 24.9 Å². The molecule has 3 amide bonds. The maximum absolute atomic E-state index is 12.4. The highest BCUT2D eigenvalue weighted by Gasteiger charge is 2.36. The van der Waals surface area contributed by atoms with Crippen LogP contribution in [0, 0.1) is 0 Å². The summed E-state index contributed by atoms with van der Waals surface area (Å²) < 4.78 is 0. The number of nitrogens with zero attached hydrogens (tertiary/aromatic N) is 2. The van der Waals surface area contributed by atoms with Crippen molar-refractivity contribution in [3.05, 3.63) is 46.5 Å². The lowest BCUT2D eigenvalue weighted by atomic mass is 9.96. The number of hydrogen-bond donors (Lipinski definition) is 2. The summed E-state index contributed by atoms with van der Waals surface area (Å²) in [5.74, 6) is -0.680. The van der Waals surface area contributed by atoms with E-state index in [2.05, 4.69) is 0 Å². The summed E-state index contributed by atoms with van der Waals surface area (Å²) in [4.78, 5) is 38.1. The van der Waals surface area contributed by atoms with Crippen LogP contribution in [0.25, 0.3) is 0 Å². The van der Waals surface area contributed by atoms with E-state index in [9.17, 15) is 19.5 Å². The van der Waals surface area contributed by atoms with E-state index in [1.54, 1.807) is 31.2 Å². The summed E-state index contributed by atoms with van der Waals surface area (Å²) >= 11 is 0. The van der Waals surface area contributed by atoms with Gasteiger partial charge in [-0.05, 0) is 31.1 Å². The number of carboxylic acid groups (broad SMARTS) is 1. The average molecular weight is 330 g/mol. The molecule has 0 bridgehead atoms. The van der Waals surface area contributed by atoms with Crippen LogP contribution in [0.2, 0.25) is 0 Å². The monoisotopic (exact) mass is 330 g/mol. The van der Waals surface area contributed by atoms with Crippen LogP contribution in [0.15, 0.2) is 35.4 Å². The van der Waals surface area contributed by atoms with Gasteiger partial charge in [-0.25, -0.2) is 4.79 Å². The molecule has 7 heteroatoms. The lowest BCUT2D eigenvalue weighted by molar-refractivity contribution is 0.0664. The number of carbonyl (C=O) groups is 3. The zero-order chi connectivity index (χ0) is 17.4. The van der Waals surface area contributed by atoms with Crippen molar-refractivity contribution in [2.24, 2.45) is 0 Å². The third kappa shape index (κ3) is 2.67. The Morgan fingerprint density at radius 1 is 1.21 bits per heavy atom. The van der Waals surface area contributed by atoms with Crippen molar-refractivity contribution in [3.8, 4) is 0 Å². The summed E-state index contributed by atoms with van der Waals surface area (Å²) in [6.45, 7) is 2.16. The molecule has 1 saturated heterocycles. The number of likely N-dealkylation sites (tertiary alicyclic amines) is 1. The minimum absolute atomic E-state index is 0.00409. The average Bonchev–Trinajstić information content (AvgIpc) is 2.80. The van der Waals surface area contributed by atoms with E-state index in [1.807, 2.05) is 0 Å². The number of hydrogen-bond acceptors (Lipinski definition) is 4. The van der Waals surface area contributed by atoms with Crippen molar-refractivity contribution in [1.82, 2.24) is 9.80 Å². The highest BCUT2D eigenvalue weighted by atomic mass is 16.4. The molecular formula is C17H18N2O5. The lowest BCUT2D eigenvalue weighted by Gasteiger charge is -2.31. The SMILES string of the molecule is CC(CN1C(=O)c2ccccc2C1=O)=C1CCN(C(=O)O)CC1O. The van der Waals surface area contributed by atoms with Crippen molar-refractivity contribution in [2.75, 3.05) is 19.6 Å². The number of amides is 3. The topological polar surface area (TPSA) is 98.2 Å². The molecule has 0 aromatic heterocycles. The van der Waals surface area contributed by atoms with E-state index < -0.39 is 12.2 Å². The Labute approximate surface area is 138 Å². The van der Waals surface area contributed by atoms with E-state index >= 15 is 0 Å². The molecule has 7 nitrogen and oxygen atoms in total. The number of piperidine rings is 1. The summed E-state index contributed by atoms with van der Waals surface area (Å²) in [5, 5.41) is 19.2. The highest BCUT2D eigenvalue weighted by molar-refractivity contribution is 6.21. The summed E-state index contributed by atoms with van der Waals surface area (Å²) in [7, 11) is 0. The summed E-state index contributed by atoms with van der Waals surface area (Å²) in [6, 6.07) is 6.67. The van der Waals surface area contributed by atoms with Crippen LogP contribution in [0.5, 0.6) is 0 Å². The predicted octanol–water partition coefficient (Wildman–Crippen LogP) is 1.34. The van der Waals surface area contributed by atoms with Gasteiger partial charge in [0.05, 0.1) is 30.3 Å². The van der Waals surface area contributed by atoms with E-state index in [4.69, 9.17) is 5.11 Å². The molecule has 3 rings (SSSR count). The number of carbonyl (C=O) groups excluding carboxylic acids is 2. The van der Waals surface area contributed by atoms with Crippen LogP contribution in [0.1, 0.15) is 34.1 Å². The zero-order valence-corrected chi connectivity index (χ0v) is 13.2. The van der Waals surface area contributed by atoms with Gasteiger partial charge in [-0.3, -0.25) is 14.5 Å². The Morgan fingerprint density at radius 2 is 1.79 bits per heavy atom. The minimum Gasteiger partial charge on any atom is -0.465 e. The van der Waals surface area contributed by atoms with Crippen molar-refractivity contribution >= 4 is 17.9 Å². The maximum atomic E-state index is 12.4. The molecule has 2 aliphatic rings. The second kappa shape index (κ2) is 6.09. The van der Waals surface area contributed by atoms with Crippen LogP contribution < -0.4 is 0 Å². The van der Waals surface area contributed by atoms with Gasteiger partial charge in [-0.2, -0.15) is 0 Å². The van der Waals surface area contributed by atoms with Gasteiger partial charge in [0.15, 0.2) is 0 Å². The molecule has 24 heavy (non-hydrogen) atoms. The van der Waals surface area contributed by atoms with Gasteiger partial charge in [0.1, 0.15) is 0 Å². The fourth-order valence-electron chi connectivity index (χ4n) is 3.23. The van der Waals surface area contributed by atoms with E-state index in [0.717, 1.165) is 10.5 Å². The molecule has 1 atom stereocenters. The molecule has 1 fully saturated rings. The molecule has 1 unspecified atom stereocenters. The largest absolute Gasteiger partial charge is 0.465 e. The third-order valence-electron chi connectivity index (χ3n) is 4.54. The standard InChI is InChI=1S/C17H18N2O5/c1-10(11-6-7-18(17(23)24)9-14(11)20)8-19-15(21)12-4-2-3-5-13(12)16(19)22/h2-5,14,20H,6-9H2,1H3,(H,23,24). The summed E-state index contributed by atoms with van der Waals surface area (Å²) in [5.41, 5.74) is 2.20. The molecule has 2 N–H and O–H groups in total. The van der Waals surface area contributed by atoms with Gasteiger partial charge in [-0.1, -0.05) is 17.7 Å². The first-order chi connectivity index (χ1) is 11.4. The number of aliphatic hydroxyl groups excluding tert-OH is 1. The molecule has 2 aliphatic heterocycles. The van der Waals surface area contributed by atoms with Crippen molar-refractivity contribution in [3.63, 3.8) is 0 Å². The van der Waals surface area contributed by atoms with Gasteiger partial charge in [0, 0.05) is 6.54 Å². The van der Waals surface area contributed by atoms with Gasteiger partial charge in [0.2, 0.25) is 0 Å². The van der Waals surface area contributed by atoms with Gasteiger partial charge >= 0.3 is 6.09 Å². The molecule has 0 saturated carbocycles. The number of imide groups is 1. The quantitative estimate of drug-likeness (QED) is 0.630. The zero-order valence-electron chi connectivity index (χ0n) is 13.2. The molecular weight excluding hydrogens is 312 g/mol. The number of rotatable bonds is 2. The predicted molar refractivity (Wildman–Crippen MR) is 84.7 cm³/mol. The van der Waals surface area contributed by atoms with E-state index in [1.165, 1.54) is 4.90 Å². The summed E-state index contributed by atoms with van der Waals surface area (Å²) in [6.07, 6.45) is -1.58. The maximum Gasteiger partial charge on any atom is 0.407 e. The molecule has 0 spiro atoms. The third-order valence-corrected chi connectivity index (χ3v) is 4.54. The molecule has 0 radical (unpaired) electrons. The van der Waals surface area contributed by atoms with E-state index in [0.29, 0.717) is 29.7 Å². The molecule has 2 heterocycles. The van der Waals surface area contributed by atoms with Crippen LogP contribution in [0.4, 0.5) is 4.79 Å². The van der Waals surface area contributed by atoms with Crippen molar-refractivity contribution in [2.45, 2.75) is 19.4 Å². The van der Waals surface area contributed by atoms with Gasteiger partial charge in [-0.15, -0.1) is 0 Å². The number of β-amino-alcohol motifs (C(OH)–C–C–N with tert-alkyl or cyclic N) is 1. The van der Waals surface area contributed by atoms with Crippen LogP contribution in [-0.4, -0.2) is 63.7 Å². The Hall–Kier alpha value is -2.67. The first-order valence-corrected chi connectivity index (χ1v) is 7.70. The van der Waals surface area contributed by atoms with Crippen LogP contribution in [-0.2, 0) is 0 Å². The first kappa shape index (κ1) is 16.2. The smallest absolute Gasteiger partial charge is 0.407 e. The lowest BCUT2D eigenvalue weighted by Crippen LogP contribution is -2.43. The van der Waals surface area contributed by atoms with Gasteiger partial charge < -0.3 is 15.1 Å². The Kier molecular flexibility index (Phi) is 4.11. The first-order valence-electron chi connectivity index (χ1n) is 7.70. The van der Waals surface area contributed by atoms with Crippen LogP contribution >= 0.6 is 0 Å². The van der Waals surface area contributed by atoms with Gasteiger partial charge in [0.25, 0.3) is 11.8 Å². The molecule has 0 aliphatic carbocycles. The fourth-order valence-corrected chi connectivity index (χ4v) is 3.23. The Balaban J connectivity index is 1.78. The van der Waals surface area contributed by atoms with Crippen LogP contribution in [0.3, 0.4) is 0 Å². The fraction of sp³-hybridized carbons (Fsp3) is 0.353. The normalized spacial score (nSPS) is 22.7.